The number of alkyl halides is 3. The maximum Gasteiger partial charge on any atom is 0.490 e. The lowest BCUT2D eigenvalue weighted by Crippen LogP contribution is -2.33. The molecule has 3 aromatic rings. The van der Waals surface area contributed by atoms with Crippen LogP contribution in [0.15, 0.2) is 36.7 Å². The number of carboxylic acid groups (broad SMARTS) is 2. The minimum Gasteiger partial charge on any atom is -0.479 e. The topological polar surface area (TPSA) is 160 Å². The molecule has 3 rings (SSSR count). The molecule has 0 radical (unpaired) electrons. The fourth-order valence-corrected chi connectivity index (χ4v) is 2.45. The van der Waals surface area contributed by atoms with E-state index in [4.69, 9.17) is 27.2 Å². The molecule has 0 saturated carbocycles. The van der Waals surface area contributed by atoms with Gasteiger partial charge in [0.1, 0.15) is 17.2 Å². The molecule has 0 bridgehead atoms. The second-order valence-electron chi connectivity index (χ2n) is 5.88. The molecule has 10 nitrogen and oxygen atoms in total. The number of aromatic nitrogens is 3. The summed E-state index contributed by atoms with van der Waals surface area (Å²) < 4.78 is 46.2. The molecule has 15 heteroatoms. The van der Waals surface area contributed by atoms with Crippen molar-refractivity contribution in [2.75, 3.05) is 5.73 Å². The molecule has 0 spiro atoms. The molecular weight excluding hydrogens is 466 g/mol. The van der Waals surface area contributed by atoms with Gasteiger partial charge in [-0.05, 0) is 23.8 Å². The van der Waals surface area contributed by atoms with Gasteiger partial charge in [-0.25, -0.2) is 19.0 Å². The molecule has 1 unspecified atom stereocenters. The summed E-state index contributed by atoms with van der Waals surface area (Å²) in [6.07, 6.45) is -2.46. The molecule has 2 heterocycles. The number of nitrogens with two attached hydrogens (primary N) is 1. The van der Waals surface area contributed by atoms with Crippen LogP contribution >= 0.6 is 11.6 Å². The van der Waals surface area contributed by atoms with Crippen LogP contribution in [0.5, 0.6) is 0 Å². The molecule has 32 heavy (non-hydrogen) atoms. The fourth-order valence-electron chi connectivity index (χ4n) is 2.26. The Morgan fingerprint density at radius 3 is 2.34 bits per heavy atom. The van der Waals surface area contributed by atoms with Gasteiger partial charge in [-0.2, -0.15) is 22.8 Å². The number of nitrogens with one attached hydrogen (secondary N) is 1. The summed E-state index contributed by atoms with van der Waals surface area (Å²) in [6.45, 7) is 0. The van der Waals surface area contributed by atoms with Crippen molar-refractivity contribution in [3.63, 3.8) is 0 Å². The van der Waals surface area contributed by atoms with E-state index in [1.807, 2.05) is 0 Å². The van der Waals surface area contributed by atoms with Crippen LogP contribution in [-0.2, 0) is 9.59 Å². The van der Waals surface area contributed by atoms with Gasteiger partial charge in [-0.15, -0.1) is 0 Å². The maximum atomic E-state index is 13.3. The maximum absolute atomic E-state index is 13.3. The zero-order valence-electron chi connectivity index (χ0n) is 15.5. The first-order valence-corrected chi connectivity index (χ1v) is 8.57. The first kappa shape index (κ1) is 24.3. The van der Waals surface area contributed by atoms with Crippen molar-refractivity contribution >= 4 is 40.9 Å². The lowest BCUT2D eigenvalue weighted by Gasteiger charge is -2.15. The van der Waals surface area contributed by atoms with Gasteiger partial charge >= 0.3 is 18.1 Å². The van der Waals surface area contributed by atoms with Crippen molar-refractivity contribution in [2.45, 2.75) is 12.2 Å². The molecular formula is C17H12ClF4N5O5. The van der Waals surface area contributed by atoms with Gasteiger partial charge < -0.3 is 21.3 Å². The van der Waals surface area contributed by atoms with E-state index in [0.717, 1.165) is 12.1 Å². The zero-order valence-corrected chi connectivity index (χ0v) is 16.2. The quantitative estimate of drug-likeness (QED) is 0.416. The van der Waals surface area contributed by atoms with Crippen molar-refractivity contribution in [3.8, 4) is 0 Å². The van der Waals surface area contributed by atoms with Crippen molar-refractivity contribution in [2.24, 2.45) is 0 Å². The molecule has 1 aromatic carbocycles. The summed E-state index contributed by atoms with van der Waals surface area (Å²) in [4.78, 5) is 36.9. The molecule has 0 fully saturated rings. The third-order valence-electron chi connectivity index (χ3n) is 3.72. The van der Waals surface area contributed by atoms with Crippen LogP contribution in [0.25, 0.3) is 5.65 Å². The number of amides is 1. The molecule has 5 N–H and O–H groups in total. The lowest BCUT2D eigenvalue weighted by atomic mass is 10.1. The highest BCUT2D eigenvalue weighted by atomic mass is 35.5. The van der Waals surface area contributed by atoms with Crippen LogP contribution in [0, 0.1) is 5.82 Å². The molecule has 0 aliphatic rings. The number of carboxylic acids is 2. The number of fused-ring (bicyclic) bond motifs is 1. The predicted molar refractivity (Wildman–Crippen MR) is 100 cm³/mol. The Balaban J connectivity index is 0.000000451. The minimum atomic E-state index is -5.08. The molecule has 170 valence electrons. The van der Waals surface area contributed by atoms with Crippen LogP contribution in [0.4, 0.5) is 23.4 Å². The van der Waals surface area contributed by atoms with Gasteiger partial charge in [0.2, 0.25) is 0 Å². The Morgan fingerprint density at radius 2 is 1.81 bits per heavy atom. The van der Waals surface area contributed by atoms with Gasteiger partial charge in [0.05, 0.1) is 11.2 Å². The van der Waals surface area contributed by atoms with Crippen LogP contribution in [0.2, 0.25) is 5.02 Å². The van der Waals surface area contributed by atoms with Crippen molar-refractivity contribution < 1.29 is 42.2 Å². The number of halogens is 5. The first-order chi connectivity index (χ1) is 14.8. The Bertz CT molecular complexity index is 1180. The van der Waals surface area contributed by atoms with E-state index >= 15 is 0 Å². The molecule has 1 atom stereocenters. The minimum absolute atomic E-state index is 0.0479. The molecule has 0 aliphatic heterocycles. The number of nitrogen functional groups attached to an aromatic ring is 1. The van der Waals surface area contributed by atoms with Crippen LogP contribution < -0.4 is 11.1 Å². The number of nitrogens with zero attached hydrogens (tertiary/aromatic N) is 3. The number of hydrogen-bond donors (Lipinski definition) is 4. The molecule has 0 saturated heterocycles. The molecule has 1 amide bonds. The van der Waals surface area contributed by atoms with Crippen LogP contribution in [0.3, 0.4) is 0 Å². The van der Waals surface area contributed by atoms with E-state index in [0.29, 0.717) is 0 Å². The Hall–Kier alpha value is -3.94. The van der Waals surface area contributed by atoms with E-state index in [2.05, 4.69) is 15.4 Å². The average Bonchev–Trinajstić information content (AvgIpc) is 3.13. The second-order valence-corrected chi connectivity index (χ2v) is 6.29. The summed E-state index contributed by atoms with van der Waals surface area (Å²) >= 11 is 5.68. The Morgan fingerprint density at radius 1 is 1.19 bits per heavy atom. The predicted octanol–water partition coefficient (Wildman–Crippen LogP) is 2.29. The number of aliphatic carboxylic acids is 2. The van der Waals surface area contributed by atoms with Crippen molar-refractivity contribution in [1.82, 2.24) is 19.9 Å². The zero-order chi connectivity index (χ0) is 24.2. The van der Waals surface area contributed by atoms with E-state index in [1.54, 1.807) is 0 Å². The van der Waals surface area contributed by atoms with Crippen LogP contribution in [0.1, 0.15) is 22.0 Å². The first-order valence-electron chi connectivity index (χ1n) is 8.20. The Kier molecular flexibility index (Phi) is 7.20. The standard InChI is InChI=1S/C15H11ClFN5O3.C2HF3O2/c16-9-5-7(1-2-10(9)17)12(15(24)25)21-14(23)8-6-20-22-11(18)3-4-19-13(8)22;3-2(4,5)1(6)7/h1-6,12H,18H2,(H,21,23)(H,24,25);(H,6,7). The lowest BCUT2D eigenvalue weighted by molar-refractivity contribution is -0.192. The summed E-state index contributed by atoms with van der Waals surface area (Å²) in [5.41, 5.74) is 6.07. The largest absolute Gasteiger partial charge is 0.490 e. The number of benzene rings is 1. The highest BCUT2D eigenvalue weighted by Crippen LogP contribution is 2.22. The van der Waals surface area contributed by atoms with E-state index in [-0.39, 0.29) is 27.6 Å². The average molecular weight is 478 g/mol. The molecule has 2 aromatic heterocycles. The highest BCUT2D eigenvalue weighted by molar-refractivity contribution is 6.30. The number of carbonyl (C=O) groups is 3. The van der Waals surface area contributed by atoms with Crippen molar-refractivity contribution in [1.29, 1.82) is 0 Å². The van der Waals surface area contributed by atoms with E-state index in [1.165, 1.54) is 29.0 Å². The van der Waals surface area contributed by atoms with Gasteiger partial charge in [0.15, 0.2) is 11.7 Å². The van der Waals surface area contributed by atoms with Gasteiger partial charge in [-0.1, -0.05) is 17.7 Å². The highest BCUT2D eigenvalue weighted by Gasteiger charge is 2.38. The summed E-state index contributed by atoms with van der Waals surface area (Å²) in [5, 5.41) is 22.5. The van der Waals surface area contributed by atoms with Gasteiger partial charge in [-0.3, -0.25) is 4.79 Å². The molecule has 0 aliphatic carbocycles. The number of carbonyl (C=O) groups excluding carboxylic acids is 1. The van der Waals surface area contributed by atoms with E-state index < -0.39 is 35.9 Å². The number of hydrogen-bond acceptors (Lipinski definition) is 6. The third-order valence-corrected chi connectivity index (χ3v) is 4.01. The van der Waals surface area contributed by atoms with Crippen molar-refractivity contribution in [3.05, 3.63) is 58.6 Å². The number of anilines is 1. The fraction of sp³-hybridized carbons (Fsp3) is 0.118. The monoisotopic (exact) mass is 477 g/mol. The van der Waals surface area contributed by atoms with Gasteiger partial charge in [0, 0.05) is 6.20 Å². The second kappa shape index (κ2) is 9.47. The van der Waals surface area contributed by atoms with E-state index in [9.17, 15) is 32.3 Å². The third kappa shape index (κ3) is 5.60. The number of rotatable bonds is 4. The Labute approximate surface area is 180 Å². The SMILES string of the molecule is Nc1ccnc2c(C(=O)NC(C(=O)O)c3ccc(F)c(Cl)c3)cnn12.O=C(O)C(F)(F)F. The summed E-state index contributed by atoms with van der Waals surface area (Å²) in [5.74, 6) is -5.24. The summed E-state index contributed by atoms with van der Waals surface area (Å²) in [7, 11) is 0. The normalized spacial score (nSPS) is 11.9. The summed E-state index contributed by atoms with van der Waals surface area (Å²) in [6, 6.07) is 3.47. The smallest absolute Gasteiger partial charge is 0.479 e. The van der Waals surface area contributed by atoms with Crippen LogP contribution in [-0.4, -0.2) is 48.8 Å². The van der Waals surface area contributed by atoms with Gasteiger partial charge in [0.25, 0.3) is 5.91 Å².